The molecule has 158 valence electrons. The van der Waals surface area contributed by atoms with Gasteiger partial charge in [-0.3, -0.25) is 0 Å². The van der Waals surface area contributed by atoms with Gasteiger partial charge in [-0.1, -0.05) is 53.6 Å². The SMILES string of the molecule is COc1ccc(Cl)cc1NC(=O)NCCn1c(-c2ccc(C)cc2)nc2ccccc21. The summed E-state index contributed by atoms with van der Waals surface area (Å²) in [6.07, 6.45) is 0. The number of aryl methyl sites for hydroxylation is 1. The Bertz CT molecular complexity index is 1220. The van der Waals surface area contributed by atoms with Crippen LogP contribution in [0.1, 0.15) is 5.56 Å². The van der Waals surface area contributed by atoms with Crippen molar-refractivity contribution in [3.8, 4) is 17.1 Å². The first-order valence-electron chi connectivity index (χ1n) is 9.96. The summed E-state index contributed by atoms with van der Waals surface area (Å²) >= 11 is 6.03. The Morgan fingerprint density at radius 1 is 1.10 bits per heavy atom. The Labute approximate surface area is 185 Å². The van der Waals surface area contributed by atoms with Crippen LogP contribution in [0, 0.1) is 6.92 Å². The molecule has 0 radical (unpaired) electrons. The van der Waals surface area contributed by atoms with Crippen LogP contribution in [0.25, 0.3) is 22.4 Å². The summed E-state index contributed by atoms with van der Waals surface area (Å²) in [5.41, 5.74) is 4.69. The standard InChI is InChI=1S/C24H23ClN4O2/c1-16-7-9-17(10-8-16)23-27-19-5-3-4-6-21(19)29(23)14-13-26-24(30)28-20-15-18(25)11-12-22(20)31-2/h3-12,15H,13-14H2,1-2H3,(H2,26,28,30). The molecule has 0 saturated carbocycles. The highest BCUT2D eigenvalue weighted by Crippen LogP contribution is 2.28. The van der Waals surface area contributed by atoms with Gasteiger partial charge in [-0.2, -0.15) is 0 Å². The zero-order valence-electron chi connectivity index (χ0n) is 17.4. The van der Waals surface area contributed by atoms with E-state index in [1.807, 2.05) is 24.3 Å². The fourth-order valence-corrected chi connectivity index (χ4v) is 3.62. The van der Waals surface area contributed by atoms with Crippen LogP contribution in [0.2, 0.25) is 5.02 Å². The van der Waals surface area contributed by atoms with E-state index >= 15 is 0 Å². The lowest BCUT2D eigenvalue weighted by molar-refractivity contribution is 0.251. The van der Waals surface area contributed by atoms with E-state index in [1.165, 1.54) is 5.56 Å². The van der Waals surface area contributed by atoms with E-state index in [2.05, 4.69) is 46.4 Å². The molecule has 0 aliphatic carbocycles. The zero-order valence-corrected chi connectivity index (χ0v) is 18.1. The van der Waals surface area contributed by atoms with Gasteiger partial charge in [-0.15, -0.1) is 0 Å². The molecule has 0 aliphatic heterocycles. The minimum Gasteiger partial charge on any atom is -0.495 e. The van der Waals surface area contributed by atoms with Crippen molar-refractivity contribution >= 4 is 34.4 Å². The molecular formula is C24H23ClN4O2. The number of urea groups is 1. The van der Waals surface area contributed by atoms with Gasteiger partial charge in [0.15, 0.2) is 0 Å². The molecular weight excluding hydrogens is 412 g/mol. The Kier molecular flexibility index (Phi) is 6.09. The number of halogens is 1. The molecule has 7 heteroatoms. The summed E-state index contributed by atoms with van der Waals surface area (Å²) in [5.74, 6) is 1.42. The average Bonchev–Trinajstić information content (AvgIpc) is 3.13. The highest BCUT2D eigenvalue weighted by molar-refractivity contribution is 6.31. The lowest BCUT2D eigenvalue weighted by atomic mass is 10.1. The van der Waals surface area contributed by atoms with Gasteiger partial charge in [0.05, 0.1) is 23.8 Å². The smallest absolute Gasteiger partial charge is 0.319 e. The molecule has 2 amide bonds. The van der Waals surface area contributed by atoms with Crippen molar-refractivity contribution in [1.82, 2.24) is 14.9 Å². The number of aromatic nitrogens is 2. The van der Waals surface area contributed by atoms with Crippen LogP contribution in [0.4, 0.5) is 10.5 Å². The number of nitrogens with one attached hydrogen (secondary N) is 2. The fourth-order valence-electron chi connectivity index (χ4n) is 3.45. The maximum atomic E-state index is 12.4. The largest absolute Gasteiger partial charge is 0.495 e. The third-order valence-corrected chi connectivity index (χ3v) is 5.23. The normalized spacial score (nSPS) is 10.8. The topological polar surface area (TPSA) is 68.2 Å². The average molecular weight is 435 g/mol. The second kappa shape index (κ2) is 9.10. The predicted molar refractivity (Wildman–Crippen MR) is 125 cm³/mol. The second-order valence-corrected chi connectivity index (χ2v) is 7.60. The van der Waals surface area contributed by atoms with Gasteiger partial charge in [0, 0.05) is 23.7 Å². The van der Waals surface area contributed by atoms with E-state index < -0.39 is 0 Å². The molecule has 4 rings (SSSR count). The molecule has 1 aromatic heterocycles. The number of hydrogen-bond donors (Lipinski definition) is 2. The van der Waals surface area contributed by atoms with Crippen molar-refractivity contribution < 1.29 is 9.53 Å². The number of anilines is 1. The molecule has 0 saturated heterocycles. The Hall–Kier alpha value is -3.51. The number of rotatable bonds is 6. The number of methoxy groups -OCH3 is 1. The van der Waals surface area contributed by atoms with E-state index in [1.54, 1.807) is 25.3 Å². The summed E-state index contributed by atoms with van der Waals surface area (Å²) in [5, 5.41) is 6.20. The Morgan fingerprint density at radius 3 is 2.65 bits per heavy atom. The first-order chi connectivity index (χ1) is 15.0. The van der Waals surface area contributed by atoms with E-state index in [0.717, 1.165) is 22.4 Å². The molecule has 2 N–H and O–H groups in total. The van der Waals surface area contributed by atoms with Gasteiger partial charge in [0.2, 0.25) is 0 Å². The van der Waals surface area contributed by atoms with Crippen LogP contribution in [-0.2, 0) is 6.54 Å². The van der Waals surface area contributed by atoms with Gasteiger partial charge in [-0.05, 0) is 37.3 Å². The van der Waals surface area contributed by atoms with E-state index in [-0.39, 0.29) is 6.03 Å². The number of hydrogen-bond acceptors (Lipinski definition) is 3. The van der Waals surface area contributed by atoms with Gasteiger partial charge in [-0.25, -0.2) is 9.78 Å². The van der Waals surface area contributed by atoms with Crippen molar-refractivity contribution in [1.29, 1.82) is 0 Å². The molecule has 6 nitrogen and oxygen atoms in total. The molecule has 31 heavy (non-hydrogen) atoms. The molecule has 0 bridgehead atoms. The van der Waals surface area contributed by atoms with Crippen LogP contribution in [0.5, 0.6) is 5.75 Å². The number of carbonyl (C=O) groups excluding carboxylic acids is 1. The number of imidazole rings is 1. The fraction of sp³-hybridized carbons (Fsp3) is 0.167. The van der Waals surface area contributed by atoms with E-state index in [0.29, 0.717) is 29.5 Å². The van der Waals surface area contributed by atoms with Crippen molar-refractivity contribution in [2.75, 3.05) is 19.0 Å². The van der Waals surface area contributed by atoms with Gasteiger partial charge in [0.1, 0.15) is 11.6 Å². The maximum absolute atomic E-state index is 12.4. The second-order valence-electron chi connectivity index (χ2n) is 7.17. The highest BCUT2D eigenvalue weighted by Gasteiger charge is 2.13. The summed E-state index contributed by atoms with van der Waals surface area (Å²) < 4.78 is 7.40. The molecule has 1 heterocycles. The summed E-state index contributed by atoms with van der Waals surface area (Å²) in [4.78, 5) is 17.2. The maximum Gasteiger partial charge on any atom is 0.319 e. The molecule has 3 aromatic carbocycles. The Morgan fingerprint density at radius 2 is 1.87 bits per heavy atom. The quantitative estimate of drug-likeness (QED) is 0.421. The number of carbonyl (C=O) groups is 1. The number of amides is 2. The molecule has 0 spiro atoms. The van der Waals surface area contributed by atoms with Crippen LogP contribution >= 0.6 is 11.6 Å². The third kappa shape index (κ3) is 4.64. The lowest BCUT2D eigenvalue weighted by Crippen LogP contribution is -2.31. The van der Waals surface area contributed by atoms with Crippen molar-refractivity contribution in [2.24, 2.45) is 0 Å². The van der Waals surface area contributed by atoms with Crippen LogP contribution in [0.3, 0.4) is 0 Å². The molecule has 0 aliphatic rings. The number of ether oxygens (including phenoxy) is 1. The molecule has 0 unspecified atom stereocenters. The first-order valence-corrected chi connectivity index (χ1v) is 10.3. The Balaban J connectivity index is 1.50. The van der Waals surface area contributed by atoms with Crippen LogP contribution in [-0.4, -0.2) is 29.2 Å². The predicted octanol–water partition coefficient (Wildman–Crippen LogP) is 5.50. The first kappa shape index (κ1) is 20.8. The van der Waals surface area contributed by atoms with Crippen LogP contribution < -0.4 is 15.4 Å². The van der Waals surface area contributed by atoms with Crippen LogP contribution in [0.15, 0.2) is 66.7 Å². The lowest BCUT2D eigenvalue weighted by Gasteiger charge is -2.13. The molecule has 4 aromatic rings. The number of benzene rings is 3. The summed E-state index contributed by atoms with van der Waals surface area (Å²) in [7, 11) is 1.54. The van der Waals surface area contributed by atoms with Gasteiger partial charge >= 0.3 is 6.03 Å². The number of fused-ring (bicyclic) bond motifs is 1. The monoisotopic (exact) mass is 434 g/mol. The minimum absolute atomic E-state index is 0.332. The highest BCUT2D eigenvalue weighted by atomic mass is 35.5. The van der Waals surface area contributed by atoms with E-state index in [9.17, 15) is 4.79 Å². The van der Waals surface area contributed by atoms with Crippen molar-refractivity contribution in [2.45, 2.75) is 13.5 Å². The molecule has 0 fully saturated rings. The van der Waals surface area contributed by atoms with Crippen molar-refractivity contribution in [3.05, 3.63) is 77.3 Å². The third-order valence-electron chi connectivity index (χ3n) is 5.00. The summed E-state index contributed by atoms with van der Waals surface area (Å²) in [6.45, 7) is 3.06. The minimum atomic E-state index is -0.332. The van der Waals surface area contributed by atoms with Crippen molar-refractivity contribution in [3.63, 3.8) is 0 Å². The zero-order chi connectivity index (χ0) is 21.8. The van der Waals surface area contributed by atoms with Gasteiger partial charge < -0.3 is 19.9 Å². The summed E-state index contributed by atoms with van der Waals surface area (Å²) in [6, 6.07) is 21.0. The van der Waals surface area contributed by atoms with E-state index in [4.69, 9.17) is 21.3 Å². The number of nitrogens with zero attached hydrogens (tertiary/aromatic N) is 2. The van der Waals surface area contributed by atoms with Gasteiger partial charge in [0.25, 0.3) is 0 Å². The molecule has 0 atom stereocenters. The number of para-hydroxylation sites is 2.